The third-order valence-corrected chi connectivity index (χ3v) is 9.48. The zero-order valence-electron chi connectivity index (χ0n) is 21.1. The maximum Gasteiger partial charge on any atom is 0.234 e. The summed E-state index contributed by atoms with van der Waals surface area (Å²) in [5.41, 5.74) is 7.93. The summed E-state index contributed by atoms with van der Waals surface area (Å²) in [5, 5.41) is 22.5. The molecule has 2 aliphatic rings. The highest BCUT2D eigenvalue weighted by molar-refractivity contribution is 8.01. The van der Waals surface area contributed by atoms with Crippen LogP contribution in [-0.4, -0.2) is 27.6 Å². The molecule has 0 saturated carbocycles. The molecule has 1 atom stereocenters. The van der Waals surface area contributed by atoms with Gasteiger partial charge in [-0.25, -0.2) is 0 Å². The number of carbonyl (C=O) groups excluding carboxylic acids is 2. The highest BCUT2D eigenvalue weighted by atomic mass is 35.5. The number of nitriles is 1. The number of thioether (sulfide) groups is 1. The second-order valence-electron chi connectivity index (χ2n) is 9.93. The zero-order valence-corrected chi connectivity index (χ0v) is 25.0. The van der Waals surface area contributed by atoms with Crippen LogP contribution in [-0.2, 0) is 9.59 Å². The van der Waals surface area contributed by atoms with Gasteiger partial charge in [0.1, 0.15) is 11.6 Å². The lowest BCUT2D eigenvalue weighted by molar-refractivity contribution is -0.118. The first-order valence-electron chi connectivity index (χ1n) is 11.9. The van der Waals surface area contributed by atoms with Gasteiger partial charge in [0.25, 0.3) is 0 Å². The van der Waals surface area contributed by atoms with Crippen LogP contribution in [0.2, 0.25) is 15.1 Å². The molecule has 3 N–H and O–H groups in total. The van der Waals surface area contributed by atoms with E-state index in [1.165, 1.54) is 41.5 Å². The molecule has 0 fully saturated rings. The molecular formula is C26H21Cl3N6O3S2. The van der Waals surface area contributed by atoms with E-state index in [0.717, 1.165) is 0 Å². The van der Waals surface area contributed by atoms with Crippen molar-refractivity contribution in [2.75, 3.05) is 16.0 Å². The molecule has 1 unspecified atom stereocenters. The molecule has 3 heterocycles. The van der Waals surface area contributed by atoms with Gasteiger partial charge < -0.3 is 15.5 Å². The van der Waals surface area contributed by atoms with Crippen LogP contribution in [0.4, 0.5) is 10.8 Å². The Kier molecular flexibility index (Phi) is 7.92. The molecule has 0 spiro atoms. The van der Waals surface area contributed by atoms with E-state index in [2.05, 4.69) is 21.6 Å². The molecule has 9 nitrogen and oxygen atoms in total. The Morgan fingerprint density at radius 1 is 1.27 bits per heavy atom. The maximum atomic E-state index is 13.5. The lowest BCUT2D eigenvalue weighted by Crippen LogP contribution is -2.42. The van der Waals surface area contributed by atoms with Crippen LogP contribution in [0, 0.1) is 16.7 Å². The molecule has 40 heavy (non-hydrogen) atoms. The Labute approximate surface area is 253 Å². The molecule has 0 saturated heterocycles. The molecule has 1 amide bonds. The van der Waals surface area contributed by atoms with Crippen molar-refractivity contribution < 1.29 is 14.0 Å². The first-order valence-corrected chi connectivity index (χ1v) is 14.8. The topological polar surface area (TPSA) is 138 Å². The van der Waals surface area contributed by atoms with Gasteiger partial charge in [0.2, 0.25) is 11.0 Å². The van der Waals surface area contributed by atoms with Crippen LogP contribution in [0.5, 0.6) is 0 Å². The predicted octanol–water partition coefficient (Wildman–Crippen LogP) is 6.76. The first-order chi connectivity index (χ1) is 19.0. The lowest BCUT2D eigenvalue weighted by atomic mass is 9.69. The van der Waals surface area contributed by atoms with Gasteiger partial charge in [0, 0.05) is 17.7 Å². The maximum absolute atomic E-state index is 13.5. The third kappa shape index (κ3) is 5.47. The number of furan rings is 1. The summed E-state index contributed by atoms with van der Waals surface area (Å²) in [5.74, 6) is -0.464. The molecule has 3 aromatic rings. The number of Topliss-reactive ketones (excluding diaryl/α,β-unsaturated/α-hetero) is 1. The minimum absolute atomic E-state index is 0.0139. The molecule has 206 valence electrons. The Balaban J connectivity index is 1.42. The number of aromatic nitrogens is 2. The summed E-state index contributed by atoms with van der Waals surface area (Å²) in [6.45, 7) is 4.02. The lowest BCUT2D eigenvalue weighted by Gasteiger charge is -2.42. The number of halogens is 3. The number of amides is 1. The number of hydrogen-bond acceptors (Lipinski definition) is 10. The third-order valence-electron chi connectivity index (χ3n) is 6.41. The number of nitrogens with one attached hydrogen (secondary N) is 1. The van der Waals surface area contributed by atoms with Crippen LogP contribution in [0.1, 0.15) is 38.4 Å². The van der Waals surface area contributed by atoms with Crippen molar-refractivity contribution in [3.05, 3.63) is 74.0 Å². The summed E-state index contributed by atoms with van der Waals surface area (Å²) in [7, 11) is 0. The highest BCUT2D eigenvalue weighted by Crippen LogP contribution is 2.50. The zero-order chi connectivity index (χ0) is 28.8. The van der Waals surface area contributed by atoms with Crippen molar-refractivity contribution >= 4 is 80.4 Å². The van der Waals surface area contributed by atoms with Crippen molar-refractivity contribution in [3.63, 3.8) is 0 Å². The van der Waals surface area contributed by atoms with Gasteiger partial charge in [-0.15, -0.1) is 10.2 Å². The van der Waals surface area contributed by atoms with E-state index in [9.17, 15) is 14.9 Å². The number of anilines is 2. The standard InChI is InChI=1S/C26H21Cl3N6O3S2/c1-26(2)8-17-22(18(36)9-26)21(19-4-3-5-38-19)12(10-30)23(31)35(17)24-33-34-25(40-24)39-11-20(37)32-16-7-14(28)13(27)6-15(16)29/h3-7,21H,8-9,11,31H2,1-2H3,(H,32,37). The second-order valence-corrected chi connectivity index (χ2v) is 13.3. The normalized spacial score (nSPS) is 18.6. The molecule has 1 aliphatic carbocycles. The van der Waals surface area contributed by atoms with E-state index in [1.807, 2.05) is 13.8 Å². The van der Waals surface area contributed by atoms with Crippen LogP contribution < -0.4 is 16.0 Å². The minimum Gasteiger partial charge on any atom is -0.468 e. The molecule has 5 rings (SSSR count). The quantitative estimate of drug-likeness (QED) is 0.222. The molecule has 14 heteroatoms. The fourth-order valence-corrected chi connectivity index (χ4v) is 7.03. The van der Waals surface area contributed by atoms with Gasteiger partial charge in [0.15, 0.2) is 10.1 Å². The number of rotatable bonds is 6. The van der Waals surface area contributed by atoms with Gasteiger partial charge >= 0.3 is 0 Å². The number of allylic oxidation sites excluding steroid dienone is 3. The van der Waals surface area contributed by atoms with E-state index < -0.39 is 5.92 Å². The molecule has 1 aromatic carbocycles. The van der Waals surface area contributed by atoms with Gasteiger partial charge in [0.05, 0.1) is 50.3 Å². The summed E-state index contributed by atoms with van der Waals surface area (Å²) >= 11 is 20.5. The van der Waals surface area contributed by atoms with Crippen LogP contribution >= 0.6 is 57.9 Å². The smallest absolute Gasteiger partial charge is 0.234 e. The SMILES string of the molecule is CC1(C)CC(=O)C2=C(C1)N(c1nnc(SCC(=O)Nc3cc(Cl)c(Cl)cc3Cl)s1)C(N)=C(C#N)C2c1ccco1. The first kappa shape index (κ1) is 28.5. The Morgan fingerprint density at radius 3 is 2.73 bits per heavy atom. The summed E-state index contributed by atoms with van der Waals surface area (Å²) in [6, 6.07) is 8.56. The second kappa shape index (κ2) is 11.1. The van der Waals surface area contributed by atoms with E-state index in [1.54, 1.807) is 17.0 Å². The number of nitrogens with two attached hydrogens (primary N) is 1. The van der Waals surface area contributed by atoms with E-state index in [0.29, 0.717) is 45.0 Å². The van der Waals surface area contributed by atoms with E-state index in [-0.39, 0.29) is 49.3 Å². The average molecular weight is 636 g/mol. The summed E-state index contributed by atoms with van der Waals surface area (Å²) < 4.78 is 6.12. The molecule has 0 radical (unpaired) electrons. The van der Waals surface area contributed by atoms with Crippen LogP contribution in [0.15, 0.2) is 61.9 Å². The van der Waals surface area contributed by atoms with Gasteiger partial charge in [-0.3, -0.25) is 14.5 Å². The van der Waals surface area contributed by atoms with Crippen LogP contribution in [0.3, 0.4) is 0 Å². The van der Waals surface area contributed by atoms with E-state index in [4.69, 9.17) is 45.0 Å². The van der Waals surface area contributed by atoms with Gasteiger partial charge in [-0.1, -0.05) is 71.7 Å². The van der Waals surface area contributed by atoms with Crippen LogP contribution in [0.25, 0.3) is 0 Å². The number of carbonyl (C=O) groups is 2. The van der Waals surface area contributed by atoms with Crippen molar-refractivity contribution in [2.24, 2.45) is 11.1 Å². The van der Waals surface area contributed by atoms with Crippen molar-refractivity contribution in [2.45, 2.75) is 36.9 Å². The van der Waals surface area contributed by atoms with Gasteiger partial charge in [-0.05, 0) is 36.1 Å². The molecular weight excluding hydrogens is 615 g/mol. The Morgan fingerprint density at radius 2 is 2.02 bits per heavy atom. The summed E-state index contributed by atoms with van der Waals surface area (Å²) in [4.78, 5) is 27.7. The average Bonchev–Trinajstić information content (AvgIpc) is 3.57. The molecule has 0 bridgehead atoms. The fourth-order valence-electron chi connectivity index (χ4n) is 4.75. The molecule has 2 aromatic heterocycles. The highest BCUT2D eigenvalue weighted by Gasteiger charge is 2.46. The predicted molar refractivity (Wildman–Crippen MR) is 157 cm³/mol. The Hall–Kier alpha value is -3.01. The largest absolute Gasteiger partial charge is 0.468 e. The van der Waals surface area contributed by atoms with Crippen molar-refractivity contribution in [1.82, 2.24) is 10.2 Å². The minimum atomic E-state index is -0.700. The number of benzene rings is 1. The van der Waals surface area contributed by atoms with Crippen molar-refractivity contribution in [1.29, 1.82) is 5.26 Å². The monoisotopic (exact) mass is 634 g/mol. The van der Waals surface area contributed by atoms with Gasteiger partial charge in [-0.2, -0.15) is 5.26 Å². The number of hydrogen-bond donors (Lipinski definition) is 2. The number of nitrogens with zero attached hydrogens (tertiary/aromatic N) is 4. The fraction of sp³-hybridized carbons (Fsp3) is 0.269. The van der Waals surface area contributed by atoms with E-state index >= 15 is 0 Å². The molecule has 1 aliphatic heterocycles. The number of ketones is 1. The van der Waals surface area contributed by atoms with Crippen molar-refractivity contribution in [3.8, 4) is 6.07 Å². The Bertz CT molecular complexity index is 1620. The summed E-state index contributed by atoms with van der Waals surface area (Å²) in [6.07, 6.45) is 2.36.